The van der Waals surface area contributed by atoms with E-state index in [0.717, 1.165) is 6.07 Å². The molecule has 0 spiro atoms. The van der Waals surface area contributed by atoms with Crippen LogP contribution in [-0.4, -0.2) is 24.4 Å². The third-order valence-corrected chi connectivity index (χ3v) is 3.69. The lowest BCUT2D eigenvalue weighted by Crippen LogP contribution is -2.03. The lowest BCUT2D eigenvalue weighted by atomic mass is 10.1. The number of nitrogens with zero attached hydrogens (tertiary/aromatic N) is 1. The third kappa shape index (κ3) is 2.63. The van der Waals surface area contributed by atoms with Crippen LogP contribution in [0.15, 0.2) is 44.7 Å². The fourth-order valence-corrected chi connectivity index (χ4v) is 2.52. The number of methoxy groups -OCH3 is 2. The fourth-order valence-electron chi connectivity index (χ4n) is 2.52. The molecule has 1 heterocycles. The molecule has 0 saturated heterocycles. The minimum Gasteiger partial charge on any atom is -0.504 e. The van der Waals surface area contributed by atoms with Gasteiger partial charge in [0.05, 0.1) is 19.6 Å². The van der Waals surface area contributed by atoms with Gasteiger partial charge in [-0.25, -0.2) is 0 Å². The Kier molecular flexibility index (Phi) is 4.02. The number of fused-ring (bicyclic) bond motifs is 1. The van der Waals surface area contributed by atoms with Crippen molar-refractivity contribution in [1.82, 2.24) is 0 Å². The van der Waals surface area contributed by atoms with Gasteiger partial charge in [-0.2, -0.15) is 0 Å². The number of rotatable bonds is 4. The summed E-state index contributed by atoms with van der Waals surface area (Å²) >= 11 is 0. The fraction of sp³-hybridized carbons (Fsp3) is 0.118. The minimum atomic E-state index is -0.514. The van der Waals surface area contributed by atoms with E-state index in [2.05, 4.69) is 5.18 Å². The highest BCUT2D eigenvalue weighted by Crippen LogP contribution is 2.43. The van der Waals surface area contributed by atoms with Crippen LogP contribution in [-0.2, 0) is 0 Å². The maximum Gasteiger partial charge on any atom is 0.195 e. The smallest absolute Gasteiger partial charge is 0.195 e. The Bertz CT molecular complexity index is 1040. The Morgan fingerprint density at radius 3 is 2.40 bits per heavy atom. The maximum absolute atomic E-state index is 12.5. The van der Waals surface area contributed by atoms with Gasteiger partial charge in [0.1, 0.15) is 11.3 Å². The molecule has 3 aromatic rings. The molecule has 1 aromatic heterocycles. The molecule has 0 saturated carbocycles. The standard InChI is InChI=1S/C17H13NO7/c1-23-14-7-13-15(16(18-22)17(14)24-2)11(21)6-12(25-13)8-3-4-9(19)10(20)5-8/h3-7,19-20H,1-2H3. The molecular formula is C17H13NO7. The van der Waals surface area contributed by atoms with Gasteiger partial charge in [-0.3, -0.25) is 4.79 Å². The van der Waals surface area contributed by atoms with E-state index in [1.165, 1.54) is 38.5 Å². The summed E-state index contributed by atoms with van der Waals surface area (Å²) in [5.74, 6) is -0.309. The Morgan fingerprint density at radius 2 is 1.80 bits per heavy atom. The summed E-state index contributed by atoms with van der Waals surface area (Å²) in [5.41, 5.74) is -0.294. The SMILES string of the molecule is COc1cc2oc(-c3ccc(O)c(O)c3)cc(=O)c2c(N=O)c1OC. The molecular weight excluding hydrogens is 330 g/mol. The normalized spacial score (nSPS) is 10.6. The number of phenols is 2. The minimum absolute atomic E-state index is 0.0346. The van der Waals surface area contributed by atoms with Crippen molar-refractivity contribution in [2.45, 2.75) is 0 Å². The molecule has 0 radical (unpaired) electrons. The first-order valence-corrected chi connectivity index (χ1v) is 7.08. The topological polar surface area (TPSA) is 119 Å². The highest BCUT2D eigenvalue weighted by atomic mass is 16.5. The lowest BCUT2D eigenvalue weighted by Gasteiger charge is -2.11. The van der Waals surface area contributed by atoms with Crippen LogP contribution < -0.4 is 14.9 Å². The zero-order valence-corrected chi connectivity index (χ0v) is 13.3. The van der Waals surface area contributed by atoms with Gasteiger partial charge in [-0.15, -0.1) is 4.91 Å². The lowest BCUT2D eigenvalue weighted by molar-refractivity contribution is 0.356. The predicted molar refractivity (Wildman–Crippen MR) is 89.8 cm³/mol. The number of benzene rings is 2. The Hall–Kier alpha value is -3.55. The van der Waals surface area contributed by atoms with E-state index in [0.29, 0.717) is 5.56 Å². The van der Waals surface area contributed by atoms with Crippen LogP contribution in [0.2, 0.25) is 0 Å². The molecule has 8 nitrogen and oxygen atoms in total. The average molecular weight is 343 g/mol. The van der Waals surface area contributed by atoms with Crippen LogP contribution in [0.3, 0.4) is 0 Å². The second-order valence-corrected chi connectivity index (χ2v) is 5.10. The van der Waals surface area contributed by atoms with Crippen LogP contribution in [0.5, 0.6) is 23.0 Å². The van der Waals surface area contributed by atoms with Crippen molar-refractivity contribution in [3.8, 4) is 34.3 Å². The summed E-state index contributed by atoms with van der Waals surface area (Å²) < 4.78 is 15.9. The zero-order valence-electron chi connectivity index (χ0n) is 13.3. The maximum atomic E-state index is 12.5. The van der Waals surface area contributed by atoms with Crippen LogP contribution in [0, 0.1) is 4.91 Å². The molecule has 0 atom stereocenters. The van der Waals surface area contributed by atoms with E-state index in [1.54, 1.807) is 0 Å². The van der Waals surface area contributed by atoms with Crippen LogP contribution in [0.1, 0.15) is 0 Å². The Morgan fingerprint density at radius 1 is 1.04 bits per heavy atom. The van der Waals surface area contributed by atoms with Crippen molar-refractivity contribution < 1.29 is 24.1 Å². The second kappa shape index (κ2) is 6.16. The van der Waals surface area contributed by atoms with Crippen molar-refractivity contribution in [3.63, 3.8) is 0 Å². The molecule has 0 bridgehead atoms. The quantitative estimate of drug-likeness (QED) is 0.551. The molecule has 2 aromatic carbocycles. The third-order valence-electron chi connectivity index (χ3n) is 3.69. The summed E-state index contributed by atoms with van der Waals surface area (Å²) in [4.78, 5) is 23.7. The largest absolute Gasteiger partial charge is 0.504 e. The molecule has 2 N–H and O–H groups in total. The van der Waals surface area contributed by atoms with Gasteiger partial charge in [0.15, 0.2) is 34.1 Å². The number of phenolic OH excluding ortho intramolecular Hbond substituents is 2. The van der Waals surface area contributed by atoms with Crippen molar-refractivity contribution in [2.24, 2.45) is 5.18 Å². The molecule has 0 unspecified atom stereocenters. The molecule has 0 fully saturated rings. The van der Waals surface area contributed by atoms with E-state index < -0.39 is 5.43 Å². The highest BCUT2D eigenvalue weighted by Gasteiger charge is 2.21. The Labute approximate surface area is 140 Å². The molecule has 3 rings (SSSR count). The number of hydrogen-bond acceptors (Lipinski definition) is 8. The first kappa shape index (κ1) is 16.3. The number of ether oxygens (including phenoxy) is 2. The van der Waals surface area contributed by atoms with E-state index in [1.807, 2.05) is 0 Å². The predicted octanol–water partition coefficient (Wildman–Crippen LogP) is 3.29. The summed E-state index contributed by atoms with van der Waals surface area (Å²) in [6, 6.07) is 6.56. The van der Waals surface area contributed by atoms with E-state index in [9.17, 15) is 19.9 Å². The van der Waals surface area contributed by atoms with Gasteiger partial charge < -0.3 is 24.1 Å². The first-order valence-electron chi connectivity index (χ1n) is 7.08. The molecule has 0 aliphatic rings. The van der Waals surface area contributed by atoms with Gasteiger partial charge in [-0.05, 0) is 23.4 Å². The molecule has 25 heavy (non-hydrogen) atoms. The average Bonchev–Trinajstić information content (AvgIpc) is 2.61. The van der Waals surface area contributed by atoms with Crippen molar-refractivity contribution in [3.05, 3.63) is 45.5 Å². The van der Waals surface area contributed by atoms with Gasteiger partial charge in [0, 0.05) is 17.7 Å². The highest BCUT2D eigenvalue weighted by molar-refractivity contribution is 5.95. The number of nitroso groups, excluding NO2 is 1. The molecule has 0 aliphatic carbocycles. The summed E-state index contributed by atoms with van der Waals surface area (Å²) in [7, 11) is 2.70. The van der Waals surface area contributed by atoms with E-state index in [-0.39, 0.29) is 45.4 Å². The monoisotopic (exact) mass is 343 g/mol. The molecule has 0 amide bonds. The molecule has 128 valence electrons. The van der Waals surface area contributed by atoms with Crippen LogP contribution >= 0.6 is 0 Å². The summed E-state index contributed by atoms with van der Waals surface area (Å²) in [6.45, 7) is 0. The second-order valence-electron chi connectivity index (χ2n) is 5.10. The number of hydrogen-bond donors (Lipinski definition) is 2. The van der Waals surface area contributed by atoms with E-state index >= 15 is 0 Å². The number of aromatic hydroxyl groups is 2. The van der Waals surface area contributed by atoms with Crippen LogP contribution in [0.25, 0.3) is 22.3 Å². The van der Waals surface area contributed by atoms with Gasteiger partial charge in [0.25, 0.3) is 0 Å². The Balaban J connectivity index is 2.34. The van der Waals surface area contributed by atoms with Gasteiger partial charge in [-0.1, -0.05) is 0 Å². The van der Waals surface area contributed by atoms with E-state index in [4.69, 9.17) is 13.9 Å². The molecule has 8 heteroatoms. The van der Waals surface area contributed by atoms with Crippen LogP contribution in [0.4, 0.5) is 5.69 Å². The molecule has 0 aliphatic heterocycles. The van der Waals surface area contributed by atoms with Gasteiger partial charge in [0.2, 0.25) is 0 Å². The van der Waals surface area contributed by atoms with Crippen molar-refractivity contribution >= 4 is 16.7 Å². The van der Waals surface area contributed by atoms with Gasteiger partial charge >= 0.3 is 0 Å². The first-order chi connectivity index (χ1) is 12.0. The van der Waals surface area contributed by atoms with Crippen molar-refractivity contribution in [2.75, 3.05) is 14.2 Å². The summed E-state index contributed by atoms with van der Waals surface area (Å²) in [6.07, 6.45) is 0. The zero-order chi connectivity index (χ0) is 18.1. The van der Waals surface area contributed by atoms with Crippen molar-refractivity contribution in [1.29, 1.82) is 0 Å². The summed E-state index contributed by atoms with van der Waals surface area (Å²) in [5, 5.41) is 21.8.